The average molecular weight is 222 g/mol. The molecule has 0 aromatic rings. The minimum absolute atomic E-state index is 0.102. The normalized spacial score (nSPS) is 38.0. The van der Waals surface area contributed by atoms with Gasteiger partial charge in [0.2, 0.25) is 0 Å². The van der Waals surface area contributed by atoms with Crippen LogP contribution in [0.25, 0.3) is 0 Å². The van der Waals surface area contributed by atoms with Crippen molar-refractivity contribution in [3.05, 3.63) is 0 Å². The van der Waals surface area contributed by atoms with Gasteiger partial charge >= 0.3 is 6.18 Å². The van der Waals surface area contributed by atoms with Crippen LogP contribution in [0.4, 0.5) is 13.2 Å². The lowest BCUT2D eigenvalue weighted by atomic mass is 9.76. The predicted molar refractivity (Wildman–Crippen MR) is 51.3 cm³/mol. The molecule has 3 aliphatic heterocycles. The molecular weight excluding hydrogens is 205 g/mol. The maximum atomic E-state index is 12.3. The third-order valence-corrected chi connectivity index (χ3v) is 3.77. The molecule has 3 saturated heterocycles. The van der Waals surface area contributed by atoms with E-state index in [1.807, 2.05) is 0 Å². The Labute approximate surface area is 87.6 Å². The zero-order valence-electron chi connectivity index (χ0n) is 8.63. The van der Waals surface area contributed by atoms with Crippen LogP contribution < -0.4 is 5.73 Å². The molecular formula is C10H17F3N2. The van der Waals surface area contributed by atoms with Crippen molar-refractivity contribution >= 4 is 0 Å². The first-order valence-corrected chi connectivity index (χ1v) is 5.51. The van der Waals surface area contributed by atoms with Gasteiger partial charge in [-0.05, 0) is 44.2 Å². The van der Waals surface area contributed by atoms with Crippen LogP contribution >= 0.6 is 0 Å². The zero-order valence-corrected chi connectivity index (χ0v) is 8.63. The lowest BCUT2D eigenvalue weighted by Crippen LogP contribution is -2.50. The number of rotatable bonds is 2. The van der Waals surface area contributed by atoms with Gasteiger partial charge < -0.3 is 10.6 Å². The predicted octanol–water partition coefficient (Wildman–Crippen LogP) is 1.61. The molecule has 0 spiro atoms. The van der Waals surface area contributed by atoms with Gasteiger partial charge in [-0.2, -0.15) is 13.2 Å². The molecule has 0 aromatic heterocycles. The Morgan fingerprint density at radius 2 is 1.87 bits per heavy atom. The smallest absolute Gasteiger partial charge is 0.320 e. The van der Waals surface area contributed by atoms with Gasteiger partial charge in [0.15, 0.2) is 0 Å². The Balaban J connectivity index is 1.90. The van der Waals surface area contributed by atoms with Gasteiger partial charge in [-0.3, -0.25) is 0 Å². The van der Waals surface area contributed by atoms with Gasteiger partial charge in [0.05, 0.1) is 0 Å². The Morgan fingerprint density at radius 3 is 2.27 bits per heavy atom. The lowest BCUT2D eigenvalue weighted by Gasteiger charge is -2.45. The summed E-state index contributed by atoms with van der Waals surface area (Å²) in [5.41, 5.74) is 5.17. The Morgan fingerprint density at radius 1 is 1.27 bits per heavy atom. The van der Waals surface area contributed by atoms with Crippen molar-refractivity contribution in [1.29, 1.82) is 0 Å². The summed E-state index contributed by atoms with van der Waals surface area (Å²) in [6, 6.07) is -1.64. The van der Waals surface area contributed by atoms with Crippen molar-refractivity contribution in [2.24, 2.45) is 17.6 Å². The van der Waals surface area contributed by atoms with E-state index < -0.39 is 12.2 Å². The first-order valence-electron chi connectivity index (χ1n) is 5.51. The first kappa shape index (κ1) is 11.2. The number of piperidine rings is 3. The van der Waals surface area contributed by atoms with Crippen LogP contribution in [0.5, 0.6) is 0 Å². The second kappa shape index (κ2) is 3.94. The van der Waals surface area contributed by atoms with E-state index in [1.165, 1.54) is 0 Å². The third kappa shape index (κ3) is 2.45. The fourth-order valence-electron chi connectivity index (χ4n) is 2.81. The van der Waals surface area contributed by atoms with Crippen molar-refractivity contribution < 1.29 is 13.2 Å². The topological polar surface area (TPSA) is 29.3 Å². The molecule has 2 nitrogen and oxygen atoms in total. The van der Waals surface area contributed by atoms with E-state index in [0.29, 0.717) is 5.92 Å². The standard InChI is InChI=1S/C10H17F3N2/c11-10(12,13)9(14)5-8-6-15-3-1-7(8)2-4-15/h7-9H,1-6,14H2. The molecule has 3 fully saturated rings. The van der Waals surface area contributed by atoms with Crippen molar-refractivity contribution in [2.45, 2.75) is 31.5 Å². The summed E-state index contributed by atoms with van der Waals surface area (Å²) in [4.78, 5) is 2.26. The van der Waals surface area contributed by atoms with Crippen LogP contribution in [-0.4, -0.2) is 36.8 Å². The molecule has 88 valence electrons. The van der Waals surface area contributed by atoms with Crippen molar-refractivity contribution in [3.8, 4) is 0 Å². The van der Waals surface area contributed by atoms with E-state index >= 15 is 0 Å². The number of hydrogen-bond acceptors (Lipinski definition) is 2. The number of halogens is 3. The van der Waals surface area contributed by atoms with Crippen LogP contribution in [-0.2, 0) is 0 Å². The van der Waals surface area contributed by atoms with Gasteiger partial charge in [-0.25, -0.2) is 0 Å². The second-order valence-electron chi connectivity index (χ2n) is 4.78. The fraction of sp³-hybridized carbons (Fsp3) is 1.00. The molecule has 2 N–H and O–H groups in total. The zero-order chi connectivity index (χ0) is 11.1. The Bertz CT molecular complexity index is 221. The van der Waals surface area contributed by atoms with E-state index in [2.05, 4.69) is 4.90 Å². The quantitative estimate of drug-likeness (QED) is 0.769. The number of alkyl halides is 3. The molecule has 2 unspecified atom stereocenters. The molecule has 3 rings (SSSR count). The summed E-state index contributed by atoms with van der Waals surface area (Å²) in [7, 11) is 0. The van der Waals surface area contributed by atoms with E-state index in [9.17, 15) is 13.2 Å². The minimum atomic E-state index is -4.23. The molecule has 2 bridgehead atoms. The van der Waals surface area contributed by atoms with Gasteiger partial charge in [-0.1, -0.05) is 0 Å². The minimum Gasteiger partial charge on any atom is -0.320 e. The van der Waals surface area contributed by atoms with Crippen molar-refractivity contribution in [1.82, 2.24) is 4.90 Å². The summed E-state index contributed by atoms with van der Waals surface area (Å²) in [5.74, 6) is 0.632. The highest BCUT2D eigenvalue weighted by Crippen LogP contribution is 2.36. The molecule has 15 heavy (non-hydrogen) atoms. The molecule has 3 heterocycles. The molecule has 2 atom stereocenters. The first-order chi connectivity index (χ1) is 6.97. The summed E-state index contributed by atoms with van der Waals surface area (Å²) in [6.07, 6.45) is -2.03. The SMILES string of the molecule is NC(CC1CN2CCC1CC2)C(F)(F)F. The summed E-state index contributed by atoms with van der Waals surface area (Å²) >= 11 is 0. The molecule has 0 aliphatic carbocycles. The molecule has 5 heteroatoms. The molecule has 0 radical (unpaired) electrons. The number of fused-ring (bicyclic) bond motifs is 3. The second-order valence-corrected chi connectivity index (χ2v) is 4.78. The van der Waals surface area contributed by atoms with E-state index in [1.54, 1.807) is 0 Å². The number of nitrogens with zero attached hydrogens (tertiary/aromatic N) is 1. The van der Waals surface area contributed by atoms with Crippen LogP contribution in [0.2, 0.25) is 0 Å². The molecule has 0 aromatic carbocycles. The van der Waals surface area contributed by atoms with Crippen molar-refractivity contribution in [3.63, 3.8) is 0 Å². The Hall–Kier alpha value is -0.290. The highest BCUT2D eigenvalue weighted by molar-refractivity contribution is 4.89. The van der Waals surface area contributed by atoms with Crippen LogP contribution in [0, 0.1) is 11.8 Å². The highest BCUT2D eigenvalue weighted by Gasteiger charge is 2.42. The van der Waals surface area contributed by atoms with Gasteiger partial charge in [0.25, 0.3) is 0 Å². The molecule has 3 aliphatic rings. The van der Waals surface area contributed by atoms with Crippen molar-refractivity contribution in [2.75, 3.05) is 19.6 Å². The van der Waals surface area contributed by atoms with E-state index in [0.717, 1.165) is 32.5 Å². The molecule has 0 saturated carbocycles. The van der Waals surface area contributed by atoms with Gasteiger partial charge in [-0.15, -0.1) is 0 Å². The number of hydrogen-bond donors (Lipinski definition) is 1. The lowest BCUT2D eigenvalue weighted by molar-refractivity contribution is -0.154. The largest absolute Gasteiger partial charge is 0.403 e. The summed E-state index contributed by atoms with van der Waals surface area (Å²) < 4.78 is 36.9. The number of nitrogens with two attached hydrogens (primary N) is 1. The van der Waals surface area contributed by atoms with Crippen LogP contribution in [0.1, 0.15) is 19.3 Å². The maximum Gasteiger partial charge on any atom is 0.403 e. The van der Waals surface area contributed by atoms with Crippen LogP contribution in [0.15, 0.2) is 0 Å². The third-order valence-electron chi connectivity index (χ3n) is 3.77. The van der Waals surface area contributed by atoms with Crippen LogP contribution in [0.3, 0.4) is 0 Å². The monoisotopic (exact) mass is 222 g/mol. The average Bonchev–Trinajstić information content (AvgIpc) is 2.18. The molecule has 0 amide bonds. The fourth-order valence-corrected chi connectivity index (χ4v) is 2.81. The Kier molecular flexibility index (Phi) is 2.94. The van der Waals surface area contributed by atoms with E-state index in [4.69, 9.17) is 5.73 Å². The van der Waals surface area contributed by atoms with Gasteiger partial charge in [0, 0.05) is 6.54 Å². The van der Waals surface area contributed by atoms with Gasteiger partial charge in [0.1, 0.15) is 6.04 Å². The summed E-state index contributed by atoms with van der Waals surface area (Å²) in [6.45, 7) is 2.93. The summed E-state index contributed by atoms with van der Waals surface area (Å²) in [5, 5.41) is 0. The van der Waals surface area contributed by atoms with E-state index in [-0.39, 0.29) is 12.3 Å². The highest BCUT2D eigenvalue weighted by atomic mass is 19.4. The maximum absolute atomic E-state index is 12.3.